The maximum atomic E-state index is 13.1. The van der Waals surface area contributed by atoms with Gasteiger partial charge in [0.15, 0.2) is 0 Å². The van der Waals surface area contributed by atoms with E-state index in [9.17, 15) is 4.79 Å². The maximum absolute atomic E-state index is 13.1. The minimum atomic E-state index is -0.377. The van der Waals surface area contributed by atoms with E-state index >= 15 is 0 Å². The molecule has 1 aliphatic carbocycles. The van der Waals surface area contributed by atoms with Crippen LogP contribution in [0.5, 0.6) is 0 Å². The molecule has 27 heavy (non-hydrogen) atoms. The van der Waals surface area contributed by atoms with Gasteiger partial charge in [-0.05, 0) is 62.4 Å². The molecule has 2 aromatic rings. The third kappa shape index (κ3) is 3.30. The Labute approximate surface area is 165 Å². The van der Waals surface area contributed by atoms with Crippen molar-refractivity contribution in [2.45, 2.75) is 43.7 Å². The van der Waals surface area contributed by atoms with Crippen molar-refractivity contribution < 1.29 is 4.79 Å². The quantitative estimate of drug-likeness (QED) is 0.864. The monoisotopic (exact) mass is 384 g/mol. The number of halogens is 1. The van der Waals surface area contributed by atoms with Crippen LogP contribution in [0.2, 0.25) is 5.02 Å². The number of amides is 2. The first kappa shape index (κ1) is 18.3. The van der Waals surface area contributed by atoms with Crippen LogP contribution >= 0.6 is 11.6 Å². The van der Waals surface area contributed by atoms with Crippen LogP contribution in [-0.4, -0.2) is 34.5 Å². The SMILES string of the molecule is CC1(N2CCN(c3ccncc3)C2=O)CCC(N)(c2cccc(Cl)c2)CC1. The Kier molecular flexibility index (Phi) is 4.60. The Hall–Kier alpha value is -2.11. The van der Waals surface area contributed by atoms with Gasteiger partial charge in [-0.25, -0.2) is 4.79 Å². The molecule has 0 unspecified atom stereocenters. The number of urea groups is 1. The number of anilines is 1. The highest BCUT2D eigenvalue weighted by atomic mass is 35.5. The van der Waals surface area contributed by atoms with Crippen LogP contribution < -0.4 is 10.6 Å². The van der Waals surface area contributed by atoms with Gasteiger partial charge in [-0.15, -0.1) is 0 Å². The number of aromatic nitrogens is 1. The summed E-state index contributed by atoms with van der Waals surface area (Å²) in [5.74, 6) is 0. The lowest BCUT2D eigenvalue weighted by molar-refractivity contribution is 0.0848. The van der Waals surface area contributed by atoms with E-state index in [2.05, 4.69) is 18.0 Å². The van der Waals surface area contributed by atoms with E-state index in [0.29, 0.717) is 11.6 Å². The first-order chi connectivity index (χ1) is 12.9. The predicted molar refractivity (Wildman–Crippen MR) is 108 cm³/mol. The van der Waals surface area contributed by atoms with Gasteiger partial charge in [0.2, 0.25) is 0 Å². The van der Waals surface area contributed by atoms with Crippen LogP contribution in [0.1, 0.15) is 38.2 Å². The molecule has 1 aromatic carbocycles. The molecule has 1 saturated carbocycles. The Morgan fingerprint density at radius 1 is 1.07 bits per heavy atom. The molecule has 1 aromatic heterocycles. The average Bonchev–Trinajstić information content (AvgIpc) is 3.07. The fourth-order valence-corrected chi connectivity index (χ4v) is 4.58. The van der Waals surface area contributed by atoms with Crippen molar-refractivity contribution in [1.82, 2.24) is 9.88 Å². The van der Waals surface area contributed by atoms with Crippen molar-refractivity contribution in [1.29, 1.82) is 0 Å². The van der Waals surface area contributed by atoms with Crippen LogP contribution in [-0.2, 0) is 5.54 Å². The number of benzene rings is 1. The number of nitrogens with two attached hydrogens (primary N) is 1. The topological polar surface area (TPSA) is 62.5 Å². The molecule has 0 bridgehead atoms. The number of carbonyl (C=O) groups is 1. The molecule has 2 heterocycles. The van der Waals surface area contributed by atoms with Crippen LogP contribution in [0, 0.1) is 0 Å². The summed E-state index contributed by atoms with van der Waals surface area (Å²) < 4.78 is 0. The zero-order valence-electron chi connectivity index (χ0n) is 15.6. The van der Waals surface area contributed by atoms with E-state index in [1.165, 1.54) is 0 Å². The third-order valence-electron chi connectivity index (χ3n) is 6.25. The molecule has 0 radical (unpaired) electrons. The molecule has 1 aliphatic heterocycles. The molecule has 2 aliphatic rings. The Morgan fingerprint density at radius 2 is 1.78 bits per heavy atom. The molecular weight excluding hydrogens is 360 g/mol. The molecule has 4 rings (SSSR count). The molecule has 0 atom stereocenters. The van der Waals surface area contributed by atoms with E-state index in [-0.39, 0.29) is 17.1 Å². The lowest BCUT2D eigenvalue weighted by Crippen LogP contribution is -2.54. The second kappa shape index (κ2) is 6.80. The highest BCUT2D eigenvalue weighted by Gasteiger charge is 2.46. The lowest BCUT2D eigenvalue weighted by atomic mass is 9.70. The van der Waals surface area contributed by atoms with Crippen LogP contribution in [0.25, 0.3) is 0 Å². The van der Waals surface area contributed by atoms with Crippen LogP contribution in [0.15, 0.2) is 48.8 Å². The average molecular weight is 385 g/mol. The van der Waals surface area contributed by atoms with Gasteiger partial charge in [0.1, 0.15) is 0 Å². The van der Waals surface area contributed by atoms with E-state index in [1.54, 1.807) is 12.4 Å². The van der Waals surface area contributed by atoms with Gasteiger partial charge in [0.05, 0.1) is 0 Å². The van der Waals surface area contributed by atoms with Gasteiger partial charge in [-0.2, -0.15) is 0 Å². The number of nitrogens with zero attached hydrogens (tertiary/aromatic N) is 3. The normalized spacial score (nSPS) is 28.6. The fourth-order valence-electron chi connectivity index (χ4n) is 4.39. The second-order valence-electron chi connectivity index (χ2n) is 7.95. The Bertz CT molecular complexity index is 833. The summed E-state index contributed by atoms with van der Waals surface area (Å²) in [5, 5.41) is 0.716. The van der Waals surface area contributed by atoms with E-state index in [0.717, 1.165) is 43.5 Å². The van der Waals surface area contributed by atoms with Gasteiger partial charge < -0.3 is 10.6 Å². The third-order valence-corrected chi connectivity index (χ3v) is 6.49. The molecule has 5 nitrogen and oxygen atoms in total. The number of hydrogen-bond donors (Lipinski definition) is 1. The van der Waals surface area contributed by atoms with E-state index < -0.39 is 0 Å². The van der Waals surface area contributed by atoms with Crippen LogP contribution in [0.4, 0.5) is 10.5 Å². The molecule has 2 fully saturated rings. The summed E-state index contributed by atoms with van der Waals surface area (Å²) in [7, 11) is 0. The minimum absolute atomic E-state index is 0.0796. The Balaban J connectivity index is 1.49. The van der Waals surface area contributed by atoms with Crippen molar-refractivity contribution in [3.05, 3.63) is 59.4 Å². The maximum Gasteiger partial charge on any atom is 0.325 e. The standard InChI is InChI=1S/C21H25ClN4O/c1-20(26-14-13-25(19(26)27)18-5-11-24-12-6-18)7-9-21(23,10-8-20)16-3-2-4-17(22)15-16/h2-6,11-12,15H,7-10,13-14,23H2,1H3. The van der Waals surface area contributed by atoms with Crippen molar-refractivity contribution in [2.75, 3.05) is 18.0 Å². The number of hydrogen-bond acceptors (Lipinski definition) is 3. The van der Waals surface area contributed by atoms with E-state index in [4.69, 9.17) is 17.3 Å². The summed E-state index contributed by atoms with van der Waals surface area (Å²) in [6.45, 7) is 3.64. The van der Waals surface area contributed by atoms with Crippen molar-refractivity contribution in [3.63, 3.8) is 0 Å². The predicted octanol–water partition coefficient (Wildman–Crippen LogP) is 4.16. The zero-order chi connectivity index (χ0) is 19.1. The van der Waals surface area contributed by atoms with Crippen molar-refractivity contribution >= 4 is 23.3 Å². The first-order valence-electron chi connectivity index (χ1n) is 9.45. The fraction of sp³-hybridized carbons (Fsp3) is 0.429. The van der Waals surface area contributed by atoms with Gasteiger partial charge in [0.25, 0.3) is 0 Å². The second-order valence-corrected chi connectivity index (χ2v) is 8.39. The minimum Gasteiger partial charge on any atom is -0.321 e. The van der Waals surface area contributed by atoms with E-state index in [1.807, 2.05) is 40.1 Å². The van der Waals surface area contributed by atoms with Crippen LogP contribution in [0.3, 0.4) is 0 Å². The molecule has 0 spiro atoms. The summed E-state index contributed by atoms with van der Waals surface area (Å²) in [5.41, 5.74) is 8.19. The summed E-state index contributed by atoms with van der Waals surface area (Å²) in [6, 6.07) is 11.7. The molecule has 1 saturated heterocycles. The van der Waals surface area contributed by atoms with Crippen molar-refractivity contribution in [3.8, 4) is 0 Å². The van der Waals surface area contributed by atoms with Crippen molar-refractivity contribution in [2.24, 2.45) is 5.73 Å². The molecule has 2 amide bonds. The zero-order valence-corrected chi connectivity index (χ0v) is 16.3. The number of carbonyl (C=O) groups excluding carboxylic acids is 1. The first-order valence-corrected chi connectivity index (χ1v) is 9.83. The summed E-state index contributed by atoms with van der Waals surface area (Å²) in [6.07, 6.45) is 6.88. The number of rotatable bonds is 3. The largest absolute Gasteiger partial charge is 0.325 e. The molecule has 6 heteroatoms. The highest BCUT2D eigenvalue weighted by molar-refractivity contribution is 6.30. The summed E-state index contributed by atoms with van der Waals surface area (Å²) in [4.78, 5) is 21.0. The highest BCUT2D eigenvalue weighted by Crippen LogP contribution is 2.43. The molecular formula is C21H25ClN4O. The number of pyridine rings is 1. The molecule has 2 N–H and O–H groups in total. The van der Waals surface area contributed by atoms with Gasteiger partial charge in [0, 0.05) is 47.3 Å². The smallest absolute Gasteiger partial charge is 0.321 e. The van der Waals surface area contributed by atoms with Gasteiger partial charge in [-0.1, -0.05) is 23.7 Å². The van der Waals surface area contributed by atoms with Gasteiger partial charge in [-0.3, -0.25) is 9.88 Å². The van der Waals surface area contributed by atoms with Gasteiger partial charge >= 0.3 is 6.03 Å². The lowest BCUT2D eigenvalue weighted by Gasteiger charge is -2.47. The Morgan fingerprint density at radius 3 is 2.44 bits per heavy atom. The summed E-state index contributed by atoms with van der Waals surface area (Å²) >= 11 is 6.16. The molecule has 142 valence electrons.